The van der Waals surface area contributed by atoms with E-state index >= 15 is 0 Å². The van der Waals surface area contributed by atoms with E-state index in [0.717, 1.165) is 12.0 Å². The molecule has 4 rings (SSSR count). The Morgan fingerprint density at radius 2 is 1.88 bits per heavy atom. The second kappa shape index (κ2) is 8.44. The molecule has 2 aliphatic heterocycles. The van der Waals surface area contributed by atoms with Crippen molar-refractivity contribution in [3.63, 3.8) is 0 Å². The van der Waals surface area contributed by atoms with E-state index in [9.17, 15) is 22.8 Å². The number of hydrogen-bond acceptors (Lipinski definition) is 7. The molecule has 2 amide bonds. The van der Waals surface area contributed by atoms with E-state index in [1.54, 1.807) is 43.3 Å². The number of ether oxygens (including phenoxy) is 2. The lowest BCUT2D eigenvalue weighted by Gasteiger charge is -2.33. The number of aromatic nitrogens is 4. The maximum Gasteiger partial charge on any atom is 0.430 e. The van der Waals surface area contributed by atoms with Gasteiger partial charge in [0.25, 0.3) is 0 Å². The Morgan fingerprint density at radius 3 is 2.50 bits per heavy atom. The Bertz CT molecular complexity index is 1100. The average molecular weight is 482 g/mol. The van der Waals surface area contributed by atoms with E-state index < -0.39 is 24.0 Å². The topological polar surface area (TPSA) is 111 Å². The van der Waals surface area contributed by atoms with Gasteiger partial charge in [0.05, 0.1) is 11.6 Å². The third-order valence-corrected chi connectivity index (χ3v) is 5.52. The molecular formula is C21H25F3N6O4. The molecule has 0 bridgehead atoms. The van der Waals surface area contributed by atoms with Crippen LogP contribution in [0, 0.1) is 6.92 Å². The zero-order valence-corrected chi connectivity index (χ0v) is 19.1. The average Bonchev–Trinajstić information content (AvgIpc) is 3.12. The van der Waals surface area contributed by atoms with Crippen LogP contribution in [0.4, 0.5) is 28.6 Å². The van der Waals surface area contributed by atoms with E-state index in [-0.39, 0.29) is 34.9 Å². The zero-order valence-electron chi connectivity index (χ0n) is 19.1. The van der Waals surface area contributed by atoms with Gasteiger partial charge in [-0.1, -0.05) is 0 Å². The normalized spacial score (nSPS) is 19.3. The number of hydrogen-bond donors (Lipinski definition) is 1. The van der Waals surface area contributed by atoms with Gasteiger partial charge in [0.1, 0.15) is 29.1 Å². The van der Waals surface area contributed by atoms with Crippen molar-refractivity contribution in [1.82, 2.24) is 24.6 Å². The molecule has 10 nitrogen and oxygen atoms in total. The van der Waals surface area contributed by atoms with Crippen molar-refractivity contribution >= 4 is 18.0 Å². The predicted octanol–water partition coefficient (Wildman–Crippen LogP) is 4.39. The Balaban J connectivity index is 1.58. The monoisotopic (exact) mass is 482 g/mol. The number of carbonyl (C=O) groups is 2. The number of nitrogens with zero attached hydrogens (tertiary/aromatic N) is 5. The highest BCUT2D eigenvalue weighted by Crippen LogP contribution is 2.44. The van der Waals surface area contributed by atoms with Crippen LogP contribution in [0.5, 0.6) is 0 Å². The van der Waals surface area contributed by atoms with Crippen LogP contribution >= 0.6 is 0 Å². The van der Waals surface area contributed by atoms with Crippen molar-refractivity contribution in [2.24, 2.45) is 0 Å². The molecule has 0 aromatic carbocycles. The summed E-state index contributed by atoms with van der Waals surface area (Å²) in [5.41, 5.74) is -0.114. The van der Waals surface area contributed by atoms with Crippen LogP contribution in [0.2, 0.25) is 0 Å². The number of anilines is 1. The summed E-state index contributed by atoms with van der Waals surface area (Å²) < 4.78 is 52.6. The van der Waals surface area contributed by atoms with Crippen molar-refractivity contribution < 1.29 is 32.2 Å². The summed E-state index contributed by atoms with van der Waals surface area (Å²) in [5, 5.41) is 6.72. The molecule has 1 fully saturated rings. The van der Waals surface area contributed by atoms with Crippen LogP contribution in [-0.2, 0) is 9.47 Å². The molecule has 1 N–H and O–H groups in total. The maximum absolute atomic E-state index is 13.6. The first-order valence-corrected chi connectivity index (χ1v) is 10.8. The summed E-state index contributed by atoms with van der Waals surface area (Å²) in [4.78, 5) is 33.4. The van der Waals surface area contributed by atoms with E-state index in [4.69, 9.17) is 4.74 Å². The fourth-order valence-corrected chi connectivity index (χ4v) is 4.06. The first-order chi connectivity index (χ1) is 15.8. The van der Waals surface area contributed by atoms with Gasteiger partial charge in [0, 0.05) is 18.8 Å². The lowest BCUT2D eigenvalue weighted by molar-refractivity contribution is -0.206. The Kier molecular flexibility index (Phi) is 5.90. The molecule has 2 aromatic rings. The molecule has 184 valence electrons. The number of likely N-dealkylation sites (tertiary alicyclic amines) is 1. The predicted molar refractivity (Wildman–Crippen MR) is 113 cm³/mol. The number of fused-ring (bicyclic) bond motifs is 1. The second-order valence-electron chi connectivity index (χ2n) is 9.25. The minimum Gasteiger partial charge on any atom is -0.444 e. The first kappa shape index (κ1) is 23.8. The SMILES string of the molecule is Cc1cc(-c2ncnc3c2[C@H](C(F)(F)F)OC(=O)N3)nn1C1CCN(C(=O)OC(C)(C)C)CC1. The molecule has 1 atom stereocenters. The fourth-order valence-electron chi connectivity index (χ4n) is 4.06. The molecule has 2 aromatic heterocycles. The van der Waals surface area contributed by atoms with Gasteiger partial charge in [-0.3, -0.25) is 10.00 Å². The number of alkyl halides is 3. The van der Waals surface area contributed by atoms with Gasteiger partial charge in [-0.25, -0.2) is 19.6 Å². The number of halogens is 3. The van der Waals surface area contributed by atoms with Gasteiger partial charge < -0.3 is 14.4 Å². The zero-order chi connectivity index (χ0) is 24.8. The van der Waals surface area contributed by atoms with Gasteiger partial charge in [-0.15, -0.1) is 0 Å². The standard InChI is InChI=1S/C21H25F3N6O4/c1-11-9-13(15-14-16(21(22,23)24)33-18(31)27-17(14)26-10-25-15)28-30(11)12-5-7-29(8-6-12)19(32)34-20(2,3)4/h9-10,12,16H,5-8H2,1-4H3,(H,25,26,27,31)/t16-/m1/s1. The minimum atomic E-state index is -4.85. The summed E-state index contributed by atoms with van der Waals surface area (Å²) in [6.07, 6.45) is -6.69. The van der Waals surface area contributed by atoms with Crippen LogP contribution in [0.1, 0.15) is 57.0 Å². The van der Waals surface area contributed by atoms with Crippen LogP contribution < -0.4 is 5.32 Å². The van der Waals surface area contributed by atoms with E-state index in [2.05, 4.69) is 25.1 Å². The number of rotatable bonds is 2. The Morgan fingerprint density at radius 1 is 1.21 bits per heavy atom. The van der Waals surface area contributed by atoms with Gasteiger partial charge >= 0.3 is 18.4 Å². The highest BCUT2D eigenvalue weighted by molar-refractivity contribution is 5.88. The summed E-state index contributed by atoms with van der Waals surface area (Å²) >= 11 is 0. The highest BCUT2D eigenvalue weighted by Gasteiger charge is 2.50. The lowest BCUT2D eigenvalue weighted by Crippen LogP contribution is -2.42. The Hall–Kier alpha value is -3.38. The van der Waals surface area contributed by atoms with Crippen LogP contribution in [0.3, 0.4) is 0 Å². The van der Waals surface area contributed by atoms with Crippen molar-refractivity contribution in [2.75, 3.05) is 18.4 Å². The van der Waals surface area contributed by atoms with Crippen LogP contribution in [0.15, 0.2) is 12.4 Å². The van der Waals surface area contributed by atoms with Crippen molar-refractivity contribution in [3.8, 4) is 11.4 Å². The molecule has 0 saturated carbocycles. The smallest absolute Gasteiger partial charge is 0.430 e. The third-order valence-electron chi connectivity index (χ3n) is 5.52. The minimum absolute atomic E-state index is 0.0560. The molecule has 0 radical (unpaired) electrons. The molecule has 2 aliphatic rings. The number of amides is 2. The number of cyclic esters (lactones) is 1. The first-order valence-electron chi connectivity index (χ1n) is 10.8. The third kappa shape index (κ3) is 4.77. The fraction of sp³-hybridized carbons (Fsp3) is 0.571. The van der Waals surface area contributed by atoms with E-state index in [0.29, 0.717) is 25.9 Å². The summed E-state index contributed by atoms with van der Waals surface area (Å²) in [6, 6.07) is 1.58. The molecule has 4 heterocycles. The summed E-state index contributed by atoms with van der Waals surface area (Å²) in [5.74, 6) is -0.263. The molecular weight excluding hydrogens is 457 g/mol. The molecule has 1 saturated heterocycles. The maximum atomic E-state index is 13.6. The molecule has 0 aliphatic carbocycles. The van der Waals surface area contributed by atoms with Crippen LogP contribution in [-0.4, -0.2) is 61.7 Å². The summed E-state index contributed by atoms with van der Waals surface area (Å²) in [6.45, 7) is 8.14. The molecule has 0 spiro atoms. The highest BCUT2D eigenvalue weighted by atomic mass is 19.4. The molecule has 13 heteroatoms. The quantitative estimate of drug-likeness (QED) is 0.676. The van der Waals surface area contributed by atoms with Crippen molar-refractivity contribution in [2.45, 2.75) is 64.5 Å². The number of carbonyl (C=O) groups excluding carboxylic acids is 2. The van der Waals surface area contributed by atoms with Crippen molar-refractivity contribution in [1.29, 1.82) is 0 Å². The van der Waals surface area contributed by atoms with Gasteiger partial charge in [-0.2, -0.15) is 18.3 Å². The number of nitrogens with one attached hydrogen (secondary N) is 1. The second-order valence-corrected chi connectivity index (χ2v) is 9.25. The number of aryl methyl sites for hydroxylation is 1. The molecule has 0 unspecified atom stereocenters. The van der Waals surface area contributed by atoms with E-state index in [1.165, 1.54) is 0 Å². The van der Waals surface area contributed by atoms with Gasteiger partial charge in [-0.05, 0) is 46.6 Å². The Labute approximate surface area is 193 Å². The lowest BCUT2D eigenvalue weighted by atomic mass is 10.0. The largest absolute Gasteiger partial charge is 0.444 e. The van der Waals surface area contributed by atoms with Crippen LogP contribution in [0.25, 0.3) is 11.4 Å². The van der Waals surface area contributed by atoms with E-state index in [1.807, 2.05) is 0 Å². The summed E-state index contributed by atoms with van der Waals surface area (Å²) in [7, 11) is 0. The molecule has 34 heavy (non-hydrogen) atoms. The van der Waals surface area contributed by atoms with Gasteiger partial charge in [0.2, 0.25) is 6.10 Å². The van der Waals surface area contributed by atoms with Gasteiger partial charge in [0.15, 0.2) is 0 Å². The van der Waals surface area contributed by atoms with Crippen molar-refractivity contribution in [3.05, 3.63) is 23.7 Å². The number of piperidine rings is 1.